The summed E-state index contributed by atoms with van der Waals surface area (Å²) in [5.41, 5.74) is 7.83. The molecule has 3 nitrogen and oxygen atoms in total. The number of nitrogen functional groups attached to an aromatic ring is 1. The smallest absolute Gasteiger partial charge is 0.0917 e. The molecule has 1 atom stereocenters. The average molecular weight is 248 g/mol. The van der Waals surface area contributed by atoms with Crippen LogP contribution < -0.4 is 5.73 Å². The number of aliphatic hydroxyl groups is 1. The number of likely N-dealkylation sites (tertiary alicyclic amines) is 1. The van der Waals surface area contributed by atoms with Gasteiger partial charge in [-0.3, -0.25) is 0 Å². The van der Waals surface area contributed by atoms with Gasteiger partial charge in [0, 0.05) is 12.2 Å². The molecule has 0 spiro atoms. The molecule has 0 saturated carbocycles. The summed E-state index contributed by atoms with van der Waals surface area (Å²) in [5, 5.41) is 10.2. The molecule has 0 aromatic heterocycles. The third-order valence-corrected chi connectivity index (χ3v) is 3.94. The van der Waals surface area contributed by atoms with Gasteiger partial charge in [0.2, 0.25) is 0 Å². The zero-order valence-electron chi connectivity index (χ0n) is 11.4. The van der Waals surface area contributed by atoms with Crippen LogP contribution in [0.4, 0.5) is 5.69 Å². The second kappa shape index (κ2) is 5.29. The summed E-state index contributed by atoms with van der Waals surface area (Å²) in [5.74, 6) is 0. The molecule has 0 amide bonds. The Kier molecular flexibility index (Phi) is 3.93. The molecule has 1 unspecified atom stereocenters. The summed E-state index contributed by atoms with van der Waals surface area (Å²) in [6.45, 7) is 7.50. The van der Waals surface area contributed by atoms with Crippen molar-refractivity contribution in [2.45, 2.75) is 32.8 Å². The van der Waals surface area contributed by atoms with E-state index in [2.05, 4.69) is 18.7 Å². The van der Waals surface area contributed by atoms with E-state index in [0.717, 1.165) is 18.7 Å². The SMILES string of the molecule is CC1(C)CCN(CC(O)c2cccc(N)c2)CC1. The molecule has 1 heterocycles. The van der Waals surface area contributed by atoms with Crippen molar-refractivity contribution in [1.29, 1.82) is 0 Å². The number of rotatable bonds is 3. The summed E-state index contributed by atoms with van der Waals surface area (Å²) in [6.07, 6.45) is 1.97. The normalized spacial score (nSPS) is 21.7. The predicted octanol–water partition coefficient (Wildman–Crippen LogP) is 2.42. The summed E-state index contributed by atoms with van der Waals surface area (Å²) < 4.78 is 0. The quantitative estimate of drug-likeness (QED) is 0.808. The molecule has 1 fully saturated rings. The highest BCUT2D eigenvalue weighted by molar-refractivity contribution is 5.41. The first-order valence-electron chi connectivity index (χ1n) is 6.72. The molecule has 1 aliphatic heterocycles. The lowest BCUT2D eigenvalue weighted by Crippen LogP contribution is -2.39. The van der Waals surface area contributed by atoms with Crippen molar-refractivity contribution in [3.8, 4) is 0 Å². The minimum atomic E-state index is -0.435. The summed E-state index contributed by atoms with van der Waals surface area (Å²) >= 11 is 0. The highest BCUT2D eigenvalue weighted by Gasteiger charge is 2.26. The number of benzene rings is 1. The van der Waals surface area contributed by atoms with E-state index in [1.807, 2.05) is 24.3 Å². The molecule has 0 radical (unpaired) electrons. The van der Waals surface area contributed by atoms with Crippen molar-refractivity contribution in [3.63, 3.8) is 0 Å². The van der Waals surface area contributed by atoms with Crippen molar-refractivity contribution in [2.75, 3.05) is 25.4 Å². The lowest BCUT2D eigenvalue weighted by atomic mass is 9.82. The molecule has 3 N–H and O–H groups in total. The van der Waals surface area contributed by atoms with Gasteiger partial charge in [-0.2, -0.15) is 0 Å². The highest BCUT2D eigenvalue weighted by Crippen LogP contribution is 2.30. The van der Waals surface area contributed by atoms with Crippen LogP contribution in [0.5, 0.6) is 0 Å². The predicted molar refractivity (Wildman–Crippen MR) is 75.3 cm³/mol. The topological polar surface area (TPSA) is 49.5 Å². The van der Waals surface area contributed by atoms with Crippen molar-refractivity contribution < 1.29 is 5.11 Å². The molecule has 0 aliphatic carbocycles. The van der Waals surface area contributed by atoms with E-state index in [1.165, 1.54) is 12.8 Å². The number of piperidine rings is 1. The van der Waals surface area contributed by atoms with Crippen LogP contribution in [0.15, 0.2) is 24.3 Å². The minimum Gasteiger partial charge on any atom is -0.399 e. The van der Waals surface area contributed by atoms with Gasteiger partial charge in [-0.05, 0) is 49.0 Å². The molecule has 18 heavy (non-hydrogen) atoms. The van der Waals surface area contributed by atoms with Gasteiger partial charge in [-0.1, -0.05) is 26.0 Å². The molecule has 1 aromatic carbocycles. The lowest BCUT2D eigenvalue weighted by molar-refractivity contribution is 0.0704. The Morgan fingerprint density at radius 1 is 1.33 bits per heavy atom. The van der Waals surface area contributed by atoms with E-state index in [-0.39, 0.29) is 0 Å². The van der Waals surface area contributed by atoms with E-state index in [4.69, 9.17) is 5.73 Å². The minimum absolute atomic E-state index is 0.435. The Hall–Kier alpha value is -1.06. The first-order chi connectivity index (χ1) is 8.46. The largest absolute Gasteiger partial charge is 0.399 e. The van der Waals surface area contributed by atoms with Gasteiger partial charge in [0.15, 0.2) is 0 Å². The zero-order chi connectivity index (χ0) is 13.2. The molecule has 100 valence electrons. The van der Waals surface area contributed by atoms with Crippen LogP contribution in [0, 0.1) is 5.41 Å². The van der Waals surface area contributed by atoms with Gasteiger partial charge >= 0.3 is 0 Å². The molecular weight excluding hydrogens is 224 g/mol. The van der Waals surface area contributed by atoms with E-state index < -0.39 is 6.10 Å². The van der Waals surface area contributed by atoms with Crippen LogP contribution in [-0.2, 0) is 0 Å². The van der Waals surface area contributed by atoms with Crippen LogP contribution in [-0.4, -0.2) is 29.6 Å². The summed E-state index contributed by atoms with van der Waals surface area (Å²) in [4.78, 5) is 2.35. The second-order valence-electron chi connectivity index (χ2n) is 6.15. The first kappa shape index (κ1) is 13.4. The number of anilines is 1. The average Bonchev–Trinajstić information content (AvgIpc) is 2.32. The highest BCUT2D eigenvalue weighted by atomic mass is 16.3. The van der Waals surface area contributed by atoms with Crippen molar-refractivity contribution >= 4 is 5.69 Å². The fourth-order valence-electron chi connectivity index (χ4n) is 2.46. The maximum atomic E-state index is 10.2. The van der Waals surface area contributed by atoms with Crippen LogP contribution in [0.1, 0.15) is 38.4 Å². The molecule has 3 heteroatoms. The Labute approximate surface area is 110 Å². The third-order valence-electron chi connectivity index (χ3n) is 3.94. The van der Waals surface area contributed by atoms with E-state index in [9.17, 15) is 5.11 Å². The van der Waals surface area contributed by atoms with E-state index >= 15 is 0 Å². The number of aliphatic hydroxyl groups excluding tert-OH is 1. The van der Waals surface area contributed by atoms with Crippen LogP contribution in [0.2, 0.25) is 0 Å². The fraction of sp³-hybridized carbons (Fsp3) is 0.600. The maximum absolute atomic E-state index is 10.2. The number of β-amino-alcohol motifs (C(OH)–C–C–N with tert-alkyl or cyclic N) is 1. The van der Waals surface area contributed by atoms with Gasteiger partial charge in [-0.25, -0.2) is 0 Å². The molecular formula is C15H24N2O. The molecule has 1 saturated heterocycles. The van der Waals surface area contributed by atoms with Crippen molar-refractivity contribution in [1.82, 2.24) is 4.90 Å². The van der Waals surface area contributed by atoms with Gasteiger partial charge < -0.3 is 15.7 Å². The number of nitrogens with two attached hydrogens (primary N) is 1. The van der Waals surface area contributed by atoms with E-state index in [0.29, 0.717) is 17.6 Å². The maximum Gasteiger partial charge on any atom is 0.0917 e. The van der Waals surface area contributed by atoms with Crippen LogP contribution in [0.25, 0.3) is 0 Å². The molecule has 0 bridgehead atoms. The van der Waals surface area contributed by atoms with Gasteiger partial charge in [0.25, 0.3) is 0 Å². The van der Waals surface area contributed by atoms with Crippen molar-refractivity contribution in [3.05, 3.63) is 29.8 Å². The Balaban J connectivity index is 1.90. The van der Waals surface area contributed by atoms with Gasteiger partial charge in [0.05, 0.1) is 6.10 Å². The van der Waals surface area contributed by atoms with Crippen LogP contribution >= 0.6 is 0 Å². The van der Waals surface area contributed by atoms with Crippen LogP contribution in [0.3, 0.4) is 0 Å². The van der Waals surface area contributed by atoms with Gasteiger partial charge in [-0.15, -0.1) is 0 Å². The Morgan fingerprint density at radius 2 is 2.00 bits per heavy atom. The number of hydrogen-bond acceptors (Lipinski definition) is 3. The number of nitrogens with zero attached hydrogens (tertiary/aromatic N) is 1. The monoisotopic (exact) mass is 248 g/mol. The molecule has 1 aromatic rings. The molecule has 1 aliphatic rings. The summed E-state index contributed by atoms with van der Waals surface area (Å²) in [7, 11) is 0. The number of hydrogen-bond donors (Lipinski definition) is 2. The zero-order valence-corrected chi connectivity index (χ0v) is 11.4. The molecule has 2 rings (SSSR count). The van der Waals surface area contributed by atoms with E-state index in [1.54, 1.807) is 0 Å². The second-order valence-corrected chi connectivity index (χ2v) is 6.15. The third kappa shape index (κ3) is 3.47. The lowest BCUT2D eigenvalue weighted by Gasteiger charge is -2.37. The standard InChI is InChI=1S/C15H24N2O/c1-15(2)6-8-17(9-7-15)11-14(18)12-4-3-5-13(16)10-12/h3-5,10,14,18H,6-9,11,16H2,1-2H3. The summed E-state index contributed by atoms with van der Waals surface area (Å²) in [6, 6.07) is 7.54. The van der Waals surface area contributed by atoms with Crippen molar-refractivity contribution in [2.24, 2.45) is 5.41 Å². The Morgan fingerprint density at radius 3 is 2.61 bits per heavy atom. The first-order valence-corrected chi connectivity index (χ1v) is 6.72. The Bertz CT molecular complexity index is 393. The van der Waals surface area contributed by atoms with Gasteiger partial charge in [0.1, 0.15) is 0 Å². The fourth-order valence-corrected chi connectivity index (χ4v) is 2.46.